The molecule has 0 amide bonds. The maximum atomic E-state index is 5.55. The number of benzene rings is 7. The van der Waals surface area contributed by atoms with Gasteiger partial charge in [0.2, 0.25) is 0 Å². The molecule has 5 heteroatoms. The van der Waals surface area contributed by atoms with Crippen LogP contribution in [0.4, 0.5) is 34.1 Å². The molecule has 3 heterocycles. The molecule has 1 aromatic heterocycles. The van der Waals surface area contributed by atoms with Crippen LogP contribution in [0.3, 0.4) is 0 Å². The van der Waals surface area contributed by atoms with E-state index >= 15 is 0 Å². The van der Waals surface area contributed by atoms with Crippen LogP contribution in [0.2, 0.25) is 0 Å². The van der Waals surface area contributed by atoms with E-state index in [-0.39, 0.29) is 44.6 Å². The van der Waals surface area contributed by atoms with Crippen molar-refractivity contribution in [1.29, 1.82) is 0 Å². The Balaban J connectivity index is 1.29. The van der Waals surface area contributed by atoms with E-state index in [4.69, 9.17) is 4.98 Å². The minimum atomic E-state index is -0.151. The third-order valence-electron chi connectivity index (χ3n) is 16.3. The second-order valence-corrected chi connectivity index (χ2v) is 30.7. The van der Waals surface area contributed by atoms with E-state index in [9.17, 15) is 0 Å². The van der Waals surface area contributed by atoms with Gasteiger partial charge in [-0.1, -0.05) is 218 Å². The summed E-state index contributed by atoms with van der Waals surface area (Å²) in [6, 6.07) is 50.5. The van der Waals surface area contributed by atoms with E-state index in [2.05, 4.69) is 283 Å². The van der Waals surface area contributed by atoms with Gasteiger partial charge < -0.3 is 9.80 Å². The molecule has 0 aliphatic carbocycles. The van der Waals surface area contributed by atoms with Crippen LogP contribution in [0.5, 0.6) is 0 Å². The van der Waals surface area contributed by atoms with Crippen LogP contribution in [0.25, 0.3) is 31.9 Å². The fourth-order valence-electron chi connectivity index (χ4n) is 11.2. The summed E-state index contributed by atoms with van der Waals surface area (Å²) in [5.41, 5.74) is 25.0. The number of hydrogen-bond acceptors (Lipinski definition) is 4. The average molecular weight is 1020 g/mol. The smallest absolute Gasteiger partial charge is 0.252 e. The molecule has 0 bridgehead atoms. The first kappa shape index (κ1) is 53.5. The lowest BCUT2D eigenvalue weighted by Gasteiger charge is -2.46. The van der Waals surface area contributed by atoms with Crippen molar-refractivity contribution in [1.82, 2.24) is 4.98 Å². The summed E-state index contributed by atoms with van der Waals surface area (Å²) >= 11 is 1.81. The van der Waals surface area contributed by atoms with Gasteiger partial charge in [-0.2, -0.15) is 0 Å². The molecule has 0 atom stereocenters. The second-order valence-electron chi connectivity index (χ2n) is 29.6. The van der Waals surface area contributed by atoms with E-state index < -0.39 is 0 Å². The SMILES string of the molecule is CC(C)(C)c1ccc(-c2ccc(-c3nc4cc5c(cc4s3)B3c4cc(C(C)(C)C)ccc4N(c4cc(C(C)(C)C)cc(C(C)(C)C)c4)c4cc(C(C)(C)C)cc(c43)N5c3cc(C(C)(C)C)cc(C(C)(C)C)c3)cc2)cc1. The van der Waals surface area contributed by atoms with Crippen LogP contribution in [-0.4, -0.2) is 11.7 Å². The maximum absolute atomic E-state index is 5.55. The van der Waals surface area contributed by atoms with Crippen molar-refractivity contribution in [2.24, 2.45) is 0 Å². The summed E-state index contributed by atoms with van der Waals surface area (Å²) in [4.78, 5) is 10.8. The highest BCUT2D eigenvalue weighted by atomic mass is 32.1. The van der Waals surface area contributed by atoms with Crippen LogP contribution in [0.1, 0.15) is 184 Å². The van der Waals surface area contributed by atoms with Gasteiger partial charge in [0.05, 0.1) is 10.2 Å². The fraction of sp³-hybridized carbons (Fsp3) is 0.394. The molecular formula is C71H84BN3S. The molecule has 3 nitrogen and oxygen atoms in total. The number of aromatic nitrogens is 1. The highest BCUT2D eigenvalue weighted by Gasteiger charge is 2.45. The highest BCUT2D eigenvalue weighted by molar-refractivity contribution is 7.21. The largest absolute Gasteiger partial charge is 0.311 e. The number of thiazole rings is 1. The Morgan fingerprint density at radius 2 is 0.697 bits per heavy atom. The van der Waals surface area contributed by atoms with E-state index in [1.165, 1.54) is 105 Å². The lowest BCUT2D eigenvalue weighted by atomic mass is 9.33. The van der Waals surface area contributed by atoms with Crippen molar-refractivity contribution in [3.8, 4) is 21.7 Å². The summed E-state index contributed by atoms with van der Waals surface area (Å²) in [5, 5.41) is 1.04. The van der Waals surface area contributed by atoms with Gasteiger partial charge in [0.1, 0.15) is 5.01 Å². The van der Waals surface area contributed by atoms with Crippen LogP contribution in [0, 0.1) is 0 Å². The summed E-state index contributed by atoms with van der Waals surface area (Å²) in [6.07, 6.45) is 0. The monoisotopic (exact) mass is 1020 g/mol. The number of nitrogens with zero attached hydrogens (tertiary/aromatic N) is 3. The fourth-order valence-corrected chi connectivity index (χ4v) is 12.2. The molecule has 2 aliphatic rings. The summed E-state index contributed by atoms with van der Waals surface area (Å²) in [7, 11) is 0. The van der Waals surface area contributed by atoms with Crippen molar-refractivity contribution < 1.29 is 0 Å². The minimum Gasteiger partial charge on any atom is -0.311 e. The molecular weight excluding hydrogens is 938 g/mol. The Hall–Kier alpha value is -5.91. The van der Waals surface area contributed by atoms with Gasteiger partial charge in [-0.15, -0.1) is 11.3 Å². The highest BCUT2D eigenvalue weighted by Crippen LogP contribution is 2.50. The molecule has 0 spiro atoms. The Labute approximate surface area is 462 Å². The Morgan fingerprint density at radius 1 is 0.329 bits per heavy atom. The van der Waals surface area contributed by atoms with Gasteiger partial charge in [-0.05, 0) is 159 Å². The lowest BCUT2D eigenvalue weighted by Crippen LogP contribution is -2.61. The van der Waals surface area contributed by atoms with Crippen LogP contribution in [-0.2, 0) is 37.9 Å². The standard InChI is InChI=1S/C71H84BN3S/c1-65(2,3)46-28-26-44(27-29-46)43-22-24-45(25-23-43)64-73-57-42-59-56(41-62(57)76-64)72-55-38-47(66(4,5)6)30-31-58(55)74(53-34-48(67(7,8)9)32-49(35-53)68(10,11)12)60-39-52(71(19,20)21)40-61(63(60)72)75(59)54-36-50(69(13,14)15)33-51(37-54)70(16,17)18/h22-42H,1-21H3. The van der Waals surface area contributed by atoms with Crippen LogP contribution in [0.15, 0.2) is 127 Å². The zero-order valence-corrected chi connectivity index (χ0v) is 50.8. The first-order valence-corrected chi connectivity index (χ1v) is 28.8. The quantitative estimate of drug-likeness (QED) is 0.164. The molecule has 392 valence electrons. The Kier molecular flexibility index (Phi) is 12.5. The molecule has 8 aromatic rings. The normalized spacial score (nSPS) is 14.3. The Morgan fingerprint density at radius 3 is 1.13 bits per heavy atom. The number of hydrogen-bond donors (Lipinski definition) is 0. The van der Waals surface area contributed by atoms with Gasteiger partial charge in [0, 0.05) is 39.7 Å². The summed E-state index contributed by atoms with van der Waals surface area (Å²) in [6.45, 7) is 49.3. The number of anilines is 6. The average Bonchev–Trinajstić information content (AvgIpc) is 3.87. The van der Waals surface area contributed by atoms with Crippen molar-refractivity contribution in [2.75, 3.05) is 9.80 Å². The van der Waals surface area contributed by atoms with E-state index in [1.807, 2.05) is 11.3 Å². The molecule has 10 rings (SSSR count). The molecule has 0 fully saturated rings. The maximum Gasteiger partial charge on any atom is 0.252 e. The number of fused-ring (bicyclic) bond motifs is 5. The van der Waals surface area contributed by atoms with Gasteiger partial charge in [0.15, 0.2) is 0 Å². The molecule has 0 saturated carbocycles. The molecule has 0 N–H and O–H groups in total. The van der Waals surface area contributed by atoms with E-state index in [0.717, 1.165) is 16.1 Å². The van der Waals surface area contributed by atoms with E-state index in [0.29, 0.717) is 0 Å². The predicted molar refractivity (Wildman–Crippen MR) is 335 cm³/mol. The van der Waals surface area contributed by atoms with Crippen molar-refractivity contribution in [3.63, 3.8) is 0 Å². The summed E-state index contributed by atoms with van der Waals surface area (Å²) in [5.74, 6) is 0. The molecule has 2 aliphatic heterocycles. The molecule has 7 aromatic carbocycles. The van der Waals surface area contributed by atoms with Gasteiger partial charge in [-0.25, -0.2) is 4.98 Å². The third kappa shape index (κ3) is 9.77. The van der Waals surface area contributed by atoms with E-state index in [1.54, 1.807) is 0 Å². The van der Waals surface area contributed by atoms with Gasteiger partial charge in [-0.3, -0.25) is 0 Å². The second kappa shape index (κ2) is 17.8. The topological polar surface area (TPSA) is 19.4 Å². The lowest BCUT2D eigenvalue weighted by molar-refractivity contribution is 0.568. The van der Waals surface area contributed by atoms with Crippen molar-refractivity contribution in [3.05, 3.63) is 166 Å². The molecule has 76 heavy (non-hydrogen) atoms. The molecule has 0 radical (unpaired) electrons. The minimum absolute atomic E-state index is 0.0431. The first-order chi connectivity index (χ1) is 35.1. The van der Waals surface area contributed by atoms with Gasteiger partial charge in [0.25, 0.3) is 6.71 Å². The third-order valence-corrected chi connectivity index (χ3v) is 17.4. The summed E-state index contributed by atoms with van der Waals surface area (Å²) < 4.78 is 1.20. The predicted octanol–water partition coefficient (Wildman–Crippen LogP) is 18.8. The van der Waals surface area contributed by atoms with Crippen molar-refractivity contribution >= 4 is 78.8 Å². The molecule has 0 unspecified atom stereocenters. The first-order valence-electron chi connectivity index (χ1n) is 28.0. The number of rotatable bonds is 4. The zero-order chi connectivity index (χ0) is 55.2. The molecule has 0 saturated heterocycles. The van der Waals surface area contributed by atoms with Crippen molar-refractivity contribution in [2.45, 2.75) is 183 Å². The zero-order valence-electron chi connectivity index (χ0n) is 50.0. The van der Waals surface area contributed by atoms with Crippen LogP contribution >= 0.6 is 11.3 Å². The Bertz CT molecular complexity index is 3500. The van der Waals surface area contributed by atoms with Gasteiger partial charge >= 0.3 is 0 Å². The van der Waals surface area contributed by atoms with Crippen LogP contribution < -0.4 is 26.2 Å².